The predicted molar refractivity (Wildman–Crippen MR) is 140 cm³/mol. The molecule has 0 radical (unpaired) electrons. The molecule has 0 saturated carbocycles. The molecule has 0 unspecified atom stereocenters. The van der Waals surface area contributed by atoms with Gasteiger partial charge < -0.3 is 47.4 Å². The zero-order valence-corrected chi connectivity index (χ0v) is 22.0. The van der Waals surface area contributed by atoms with Crippen LogP contribution >= 0.6 is 0 Å². The molecule has 0 spiro atoms. The Labute approximate surface area is 224 Å². The number of hydrogen-bond acceptors (Lipinski definition) is 10. The van der Waals surface area contributed by atoms with Gasteiger partial charge in [-0.05, 0) is 24.3 Å². The fourth-order valence-electron chi connectivity index (χ4n) is 3.30. The van der Waals surface area contributed by atoms with Gasteiger partial charge >= 0.3 is 0 Å². The Morgan fingerprint density at radius 3 is 0.658 bits per heavy atom. The predicted octanol–water partition coefficient (Wildman–Crippen LogP) is 3.02. The molecule has 1 aliphatic heterocycles. The van der Waals surface area contributed by atoms with E-state index in [9.17, 15) is 0 Å². The summed E-state index contributed by atoms with van der Waals surface area (Å²) in [5.41, 5.74) is 0. The van der Waals surface area contributed by atoms with E-state index in [1.807, 2.05) is 48.5 Å². The smallest absolute Gasteiger partial charge is 0.161 e. The monoisotopic (exact) mass is 536 g/mol. The second-order valence-corrected chi connectivity index (χ2v) is 7.96. The van der Waals surface area contributed by atoms with E-state index < -0.39 is 0 Å². The molecule has 1 heterocycles. The standard InChI is InChI=1S/C28H40O10/c1-2-6-26-25(5-1)35-21-17-31-13-9-29-11-15-33-19-23-37-27-7-3-4-8-28(27)38-24-20-34-16-12-30-10-14-32-18-22-36-26/h1-8H,9-24H2. The lowest BCUT2D eigenvalue weighted by atomic mass is 10.3. The van der Waals surface area contributed by atoms with Gasteiger partial charge in [-0.25, -0.2) is 0 Å². The largest absolute Gasteiger partial charge is 0.487 e. The Hall–Kier alpha value is -2.60. The van der Waals surface area contributed by atoms with E-state index in [1.165, 1.54) is 0 Å². The molecule has 2 aromatic carbocycles. The van der Waals surface area contributed by atoms with Crippen LogP contribution in [0.2, 0.25) is 0 Å². The van der Waals surface area contributed by atoms with Gasteiger partial charge in [-0.2, -0.15) is 0 Å². The van der Waals surface area contributed by atoms with Gasteiger partial charge in [0.05, 0.1) is 79.3 Å². The van der Waals surface area contributed by atoms with E-state index in [4.69, 9.17) is 47.4 Å². The molecular formula is C28H40O10. The Morgan fingerprint density at radius 2 is 0.447 bits per heavy atom. The molecule has 10 heteroatoms. The van der Waals surface area contributed by atoms with Crippen molar-refractivity contribution < 1.29 is 47.4 Å². The maximum Gasteiger partial charge on any atom is 0.161 e. The van der Waals surface area contributed by atoms with Crippen LogP contribution < -0.4 is 18.9 Å². The average molecular weight is 537 g/mol. The van der Waals surface area contributed by atoms with Gasteiger partial charge in [0.25, 0.3) is 0 Å². The molecule has 0 saturated heterocycles. The van der Waals surface area contributed by atoms with Crippen molar-refractivity contribution in [3.05, 3.63) is 48.5 Å². The second kappa shape index (κ2) is 20.4. The van der Waals surface area contributed by atoms with Crippen LogP contribution in [0.15, 0.2) is 48.5 Å². The van der Waals surface area contributed by atoms with Crippen molar-refractivity contribution in [2.75, 3.05) is 106 Å². The summed E-state index contributed by atoms with van der Waals surface area (Å²) in [4.78, 5) is 0. The lowest BCUT2D eigenvalue weighted by molar-refractivity contribution is 0.00248. The van der Waals surface area contributed by atoms with Gasteiger partial charge in [-0.1, -0.05) is 24.3 Å². The van der Waals surface area contributed by atoms with Gasteiger partial charge in [-0.15, -0.1) is 0 Å². The first-order valence-corrected chi connectivity index (χ1v) is 13.1. The van der Waals surface area contributed by atoms with Crippen molar-refractivity contribution in [2.45, 2.75) is 0 Å². The molecular weight excluding hydrogens is 496 g/mol. The first-order chi connectivity index (χ1) is 18.9. The third kappa shape index (κ3) is 13.3. The lowest BCUT2D eigenvalue weighted by Gasteiger charge is -2.14. The minimum atomic E-state index is 0.412. The maximum atomic E-state index is 5.80. The number of ether oxygens (including phenoxy) is 10. The van der Waals surface area contributed by atoms with E-state index in [1.54, 1.807) is 0 Å². The number of para-hydroxylation sites is 4. The van der Waals surface area contributed by atoms with Gasteiger partial charge in [0.1, 0.15) is 26.4 Å². The molecule has 38 heavy (non-hydrogen) atoms. The van der Waals surface area contributed by atoms with Gasteiger partial charge in [0, 0.05) is 0 Å². The molecule has 212 valence electrons. The number of hydrogen-bond donors (Lipinski definition) is 0. The highest BCUT2D eigenvalue weighted by Gasteiger charge is 2.06. The fourth-order valence-corrected chi connectivity index (χ4v) is 3.30. The van der Waals surface area contributed by atoms with Crippen LogP contribution in [0.4, 0.5) is 0 Å². The van der Waals surface area contributed by atoms with E-state index in [-0.39, 0.29) is 0 Å². The van der Waals surface area contributed by atoms with Crippen LogP contribution in [0, 0.1) is 0 Å². The minimum absolute atomic E-state index is 0.412. The van der Waals surface area contributed by atoms with Crippen LogP contribution in [0.1, 0.15) is 0 Å². The van der Waals surface area contributed by atoms with E-state index in [0.29, 0.717) is 129 Å². The molecule has 10 nitrogen and oxygen atoms in total. The molecule has 0 N–H and O–H groups in total. The first-order valence-electron chi connectivity index (χ1n) is 13.1. The maximum absolute atomic E-state index is 5.80. The van der Waals surface area contributed by atoms with Crippen molar-refractivity contribution in [1.29, 1.82) is 0 Å². The van der Waals surface area contributed by atoms with Crippen LogP contribution in [0.5, 0.6) is 23.0 Å². The van der Waals surface area contributed by atoms with Crippen LogP contribution in [0.3, 0.4) is 0 Å². The molecule has 2 aromatic rings. The van der Waals surface area contributed by atoms with Crippen LogP contribution in [0.25, 0.3) is 0 Å². The molecule has 0 atom stereocenters. The van der Waals surface area contributed by atoms with E-state index >= 15 is 0 Å². The van der Waals surface area contributed by atoms with Crippen molar-refractivity contribution in [2.24, 2.45) is 0 Å². The fraction of sp³-hybridized carbons (Fsp3) is 0.571. The Balaban J connectivity index is 1.37. The lowest BCUT2D eigenvalue weighted by Crippen LogP contribution is -2.15. The Morgan fingerprint density at radius 1 is 0.263 bits per heavy atom. The molecule has 0 aliphatic carbocycles. The van der Waals surface area contributed by atoms with E-state index in [2.05, 4.69) is 0 Å². The molecule has 0 bridgehead atoms. The zero-order chi connectivity index (χ0) is 26.4. The molecule has 1 aliphatic rings. The topological polar surface area (TPSA) is 92.3 Å². The van der Waals surface area contributed by atoms with Crippen molar-refractivity contribution in [3.8, 4) is 23.0 Å². The van der Waals surface area contributed by atoms with Crippen LogP contribution in [-0.4, -0.2) is 106 Å². The van der Waals surface area contributed by atoms with Gasteiger partial charge in [0.15, 0.2) is 23.0 Å². The van der Waals surface area contributed by atoms with Gasteiger partial charge in [-0.3, -0.25) is 0 Å². The van der Waals surface area contributed by atoms with Crippen molar-refractivity contribution in [3.63, 3.8) is 0 Å². The Bertz CT molecular complexity index is 714. The third-order valence-electron chi connectivity index (χ3n) is 5.13. The normalized spacial score (nSPS) is 19.2. The summed E-state index contributed by atoms with van der Waals surface area (Å²) in [5, 5.41) is 0. The summed E-state index contributed by atoms with van der Waals surface area (Å²) < 4.78 is 56.6. The molecule has 3 rings (SSSR count). The first kappa shape index (κ1) is 29.9. The van der Waals surface area contributed by atoms with E-state index in [0.717, 1.165) is 0 Å². The number of rotatable bonds is 0. The van der Waals surface area contributed by atoms with Crippen molar-refractivity contribution in [1.82, 2.24) is 0 Å². The minimum Gasteiger partial charge on any atom is -0.487 e. The highest BCUT2D eigenvalue weighted by molar-refractivity contribution is 5.40. The third-order valence-corrected chi connectivity index (χ3v) is 5.13. The summed E-state index contributed by atoms with van der Waals surface area (Å²) in [6.45, 7) is 7.30. The SMILES string of the molecule is c1ccc2c(c1)OCCOCCOCCOCCOc1ccccc1OCCOCCOCCOCCO2. The highest BCUT2D eigenvalue weighted by atomic mass is 16.6. The molecule has 0 fully saturated rings. The Kier molecular flexibility index (Phi) is 16.1. The van der Waals surface area contributed by atoms with Crippen LogP contribution in [-0.2, 0) is 28.4 Å². The summed E-state index contributed by atoms with van der Waals surface area (Å²) >= 11 is 0. The molecule has 0 aromatic heterocycles. The quantitative estimate of drug-likeness (QED) is 0.500. The zero-order valence-electron chi connectivity index (χ0n) is 22.0. The average Bonchev–Trinajstić information content (AvgIpc) is 2.94. The summed E-state index contributed by atoms with van der Waals surface area (Å²) in [5.74, 6) is 2.69. The summed E-state index contributed by atoms with van der Waals surface area (Å²) in [6.07, 6.45) is 0. The summed E-state index contributed by atoms with van der Waals surface area (Å²) in [6, 6.07) is 15.1. The second-order valence-electron chi connectivity index (χ2n) is 7.96. The van der Waals surface area contributed by atoms with Gasteiger partial charge in [0.2, 0.25) is 0 Å². The number of benzene rings is 2. The van der Waals surface area contributed by atoms with Crippen molar-refractivity contribution >= 4 is 0 Å². The number of fused-ring (bicyclic) bond motifs is 2. The summed E-state index contributed by atoms with van der Waals surface area (Å²) in [7, 11) is 0. The molecule has 0 amide bonds. The highest BCUT2D eigenvalue weighted by Crippen LogP contribution is 2.27.